The van der Waals surface area contributed by atoms with Gasteiger partial charge in [0.1, 0.15) is 0 Å². The highest BCUT2D eigenvalue weighted by Crippen LogP contribution is 2.62. The Hall–Kier alpha value is -0.280. The van der Waals surface area contributed by atoms with Gasteiger partial charge in [0.05, 0.1) is 16.7 Å². The topological polar surface area (TPSA) is 21.3 Å². The second-order valence-corrected chi connectivity index (χ2v) is 5.99. The van der Waals surface area contributed by atoms with E-state index in [0.29, 0.717) is 21.9 Å². The predicted octanol–water partition coefficient (Wildman–Crippen LogP) is 3.12. The molecule has 0 radical (unpaired) electrons. The molecule has 2 aliphatic rings. The Morgan fingerprint density at radius 2 is 2.22 bits per heavy atom. The lowest BCUT2D eigenvalue weighted by molar-refractivity contribution is 0.126. The van der Waals surface area contributed by atoms with E-state index >= 15 is 0 Å². The third-order valence-electron chi connectivity index (χ3n) is 4.44. The van der Waals surface area contributed by atoms with Gasteiger partial charge in [0.25, 0.3) is 0 Å². The predicted molar refractivity (Wildman–Crippen MR) is 74.5 cm³/mol. The van der Waals surface area contributed by atoms with Crippen LogP contribution in [0.5, 0.6) is 0 Å². The van der Waals surface area contributed by atoms with Crippen molar-refractivity contribution < 1.29 is 4.74 Å². The van der Waals surface area contributed by atoms with Gasteiger partial charge < -0.3 is 10.1 Å². The van der Waals surface area contributed by atoms with Gasteiger partial charge in [-0.05, 0) is 43.0 Å². The molecule has 1 unspecified atom stereocenters. The van der Waals surface area contributed by atoms with Crippen molar-refractivity contribution in [3.63, 3.8) is 0 Å². The number of ether oxygens (including phenoxy) is 1. The zero-order chi connectivity index (χ0) is 12.8. The Morgan fingerprint density at radius 3 is 2.94 bits per heavy atom. The van der Waals surface area contributed by atoms with Gasteiger partial charge in [-0.3, -0.25) is 0 Å². The van der Waals surface area contributed by atoms with E-state index < -0.39 is 0 Å². The Labute approximate surface area is 118 Å². The highest BCUT2D eigenvalue weighted by molar-refractivity contribution is 6.42. The molecule has 4 heteroatoms. The van der Waals surface area contributed by atoms with Crippen molar-refractivity contribution in [3.8, 4) is 0 Å². The third-order valence-corrected chi connectivity index (χ3v) is 5.18. The van der Waals surface area contributed by atoms with Gasteiger partial charge in [0.2, 0.25) is 0 Å². The van der Waals surface area contributed by atoms with Crippen LogP contribution in [0.25, 0.3) is 0 Å². The first-order valence-electron chi connectivity index (χ1n) is 6.44. The zero-order valence-electron chi connectivity index (χ0n) is 10.4. The average molecular weight is 286 g/mol. The summed E-state index contributed by atoms with van der Waals surface area (Å²) in [6.45, 7) is 5.78. The van der Waals surface area contributed by atoms with Gasteiger partial charge in [-0.1, -0.05) is 29.3 Å². The second kappa shape index (κ2) is 4.68. The minimum Gasteiger partial charge on any atom is -0.381 e. The van der Waals surface area contributed by atoms with Crippen LogP contribution in [0.4, 0.5) is 0 Å². The summed E-state index contributed by atoms with van der Waals surface area (Å²) < 4.78 is 5.61. The summed E-state index contributed by atoms with van der Waals surface area (Å²) in [5.74, 6) is 1.30. The molecule has 0 spiro atoms. The molecule has 18 heavy (non-hydrogen) atoms. The Bertz CT molecular complexity index is 465. The number of nitrogens with one attached hydrogen (secondary N) is 1. The van der Waals surface area contributed by atoms with Gasteiger partial charge in [-0.2, -0.15) is 0 Å². The number of rotatable bonds is 4. The molecule has 2 fully saturated rings. The Morgan fingerprint density at radius 1 is 1.39 bits per heavy atom. The molecule has 98 valence electrons. The van der Waals surface area contributed by atoms with Crippen molar-refractivity contribution in [2.75, 3.05) is 26.3 Å². The summed E-state index contributed by atoms with van der Waals surface area (Å²) in [4.78, 5) is 0. The molecule has 1 aliphatic heterocycles. The first kappa shape index (κ1) is 12.7. The standard InChI is InChI=1S/C14H17Cl2NO/c1-2-18-7-11-10-6-17-8-14(10,11)9-3-4-12(15)13(16)5-9/h3-5,10-11,17H,2,6-8H2,1H3/t10-,11-,14?/m1/s1. The molecule has 0 bridgehead atoms. The fourth-order valence-corrected chi connectivity index (χ4v) is 3.75. The highest BCUT2D eigenvalue weighted by atomic mass is 35.5. The molecule has 1 aromatic rings. The summed E-state index contributed by atoms with van der Waals surface area (Å²) in [5, 5.41) is 4.75. The number of piperidine rings is 1. The van der Waals surface area contributed by atoms with Crippen molar-refractivity contribution in [3.05, 3.63) is 33.8 Å². The van der Waals surface area contributed by atoms with Crippen LogP contribution in [-0.4, -0.2) is 26.3 Å². The average Bonchev–Trinajstić information content (AvgIpc) is 2.77. The fraction of sp³-hybridized carbons (Fsp3) is 0.571. The Kier molecular flexibility index (Phi) is 3.31. The summed E-state index contributed by atoms with van der Waals surface area (Å²) in [6.07, 6.45) is 0. The molecule has 3 atom stereocenters. The number of hydrogen-bond acceptors (Lipinski definition) is 2. The third kappa shape index (κ3) is 1.78. The van der Waals surface area contributed by atoms with Crippen molar-refractivity contribution in [1.82, 2.24) is 5.32 Å². The summed E-state index contributed by atoms with van der Waals surface area (Å²) in [6, 6.07) is 6.04. The molecule has 1 N–H and O–H groups in total. The lowest BCUT2D eigenvalue weighted by Crippen LogP contribution is -2.25. The number of benzene rings is 1. The molecule has 0 amide bonds. The van der Waals surface area contributed by atoms with Crippen molar-refractivity contribution in [2.24, 2.45) is 11.8 Å². The van der Waals surface area contributed by atoms with E-state index in [-0.39, 0.29) is 5.41 Å². The SMILES string of the molecule is CCOC[C@@H]1[C@H]2CNCC21c1ccc(Cl)c(Cl)c1. The largest absolute Gasteiger partial charge is 0.381 e. The van der Waals surface area contributed by atoms with Crippen molar-refractivity contribution >= 4 is 23.2 Å². The minimum absolute atomic E-state index is 0.226. The second-order valence-electron chi connectivity index (χ2n) is 5.17. The van der Waals surface area contributed by atoms with E-state index in [1.165, 1.54) is 5.56 Å². The van der Waals surface area contributed by atoms with E-state index in [1.807, 2.05) is 19.1 Å². The maximum atomic E-state index is 6.14. The molecule has 1 aromatic carbocycles. The molecule has 0 aromatic heterocycles. The monoisotopic (exact) mass is 285 g/mol. The normalized spacial score (nSPS) is 33.5. The first-order chi connectivity index (χ1) is 8.70. The zero-order valence-corrected chi connectivity index (χ0v) is 11.9. The first-order valence-corrected chi connectivity index (χ1v) is 7.19. The quantitative estimate of drug-likeness (QED) is 0.918. The van der Waals surface area contributed by atoms with Crippen LogP contribution in [0, 0.1) is 11.8 Å². The lowest BCUT2D eigenvalue weighted by Gasteiger charge is -2.16. The summed E-state index contributed by atoms with van der Waals surface area (Å²) >= 11 is 12.1. The van der Waals surface area contributed by atoms with E-state index in [4.69, 9.17) is 27.9 Å². The van der Waals surface area contributed by atoms with Crippen LogP contribution in [0.1, 0.15) is 12.5 Å². The maximum absolute atomic E-state index is 6.14. The number of fused-ring (bicyclic) bond motifs is 1. The summed E-state index contributed by atoms with van der Waals surface area (Å²) in [7, 11) is 0. The van der Waals surface area contributed by atoms with Crippen molar-refractivity contribution in [2.45, 2.75) is 12.3 Å². The highest BCUT2D eigenvalue weighted by Gasteiger charge is 2.67. The van der Waals surface area contributed by atoms with Crippen molar-refractivity contribution in [1.29, 1.82) is 0 Å². The number of halogens is 2. The maximum Gasteiger partial charge on any atom is 0.0595 e. The van der Waals surface area contributed by atoms with Crippen LogP contribution in [0.15, 0.2) is 18.2 Å². The molecular weight excluding hydrogens is 269 g/mol. The molecule has 1 aliphatic carbocycles. The van der Waals surface area contributed by atoms with Crippen LogP contribution < -0.4 is 5.32 Å². The van der Waals surface area contributed by atoms with E-state index in [2.05, 4.69) is 11.4 Å². The molecular formula is C14H17Cl2NO. The molecule has 1 heterocycles. The van der Waals surface area contributed by atoms with Gasteiger partial charge >= 0.3 is 0 Å². The Balaban J connectivity index is 1.87. The van der Waals surface area contributed by atoms with E-state index in [1.54, 1.807) is 0 Å². The van der Waals surface area contributed by atoms with Crippen LogP contribution in [0.2, 0.25) is 10.0 Å². The van der Waals surface area contributed by atoms with Crippen LogP contribution in [0.3, 0.4) is 0 Å². The lowest BCUT2D eigenvalue weighted by atomic mass is 9.93. The van der Waals surface area contributed by atoms with E-state index in [0.717, 1.165) is 26.3 Å². The molecule has 3 rings (SSSR count). The van der Waals surface area contributed by atoms with Crippen LogP contribution >= 0.6 is 23.2 Å². The molecule has 2 nitrogen and oxygen atoms in total. The molecule has 1 saturated carbocycles. The van der Waals surface area contributed by atoms with Crippen LogP contribution in [-0.2, 0) is 10.2 Å². The van der Waals surface area contributed by atoms with Gasteiger partial charge in [0, 0.05) is 18.6 Å². The van der Waals surface area contributed by atoms with E-state index in [9.17, 15) is 0 Å². The fourth-order valence-electron chi connectivity index (χ4n) is 3.45. The van der Waals surface area contributed by atoms with Gasteiger partial charge in [-0.15, -0.1) is 0 Å². The van der Waals surface area contributed by atoms with Gasteiger partial charge in [-0.25, -0.2) is 0 Å². The minimum atomic E-state index is 0.226. The summed E-state index contributed by atoms with van der Waals surface area (Å²) in [5.41, 5.74) is 1.53. The van der Waals surface area contributed by atoms with Gasteiger partial charge in [0.15, 0.2) is 0 Å². The molecule has 1 saturated heterocycles. The number of hydrogen-bond donors (Lipinski definition) is 1. The smallest absolute Gasteiger partial charge is 0.0595 e.